The van der Waals surface area contributed by atoms with Crippen LogP contribution in [-0.4, -0.2) is 19.5 Å². The zero-order chi connectivity index (χ0) is 8.32. The molecule has 1 aliphatic rings. The Balaban J connectivity index is 2.44. The van der Waals surface area contributed by atoms with Crippen molar-refractivity contribution < 1.29 is 9.22 Å². The van der Waals surface area contributed by atoms with Crippen LogP contribution in [0, 0.1) is 0 Å². The van der Waals surface area contributed by atoms with Crippen LogP contribution in [0.15, 0.2) is 0 Å². The van der Waals surface area contributed by atoms with Crippen molar-refractivity contribution in [2.75, 3.05) is 0 Å². The van der Waals surface area contributed by atoms with Gasteiger partial charge in [-0.3, -0.25) is 0 Å². The van der Waals surface area contributed by atoms with Crippen LogP contribution in [0.25, 0.3) is 0 Å². The Morgan fingerprint density at radius 1 is 1.55 bits per heavy atom. The van der Waals surface area contributed by atoms with E-state index in [0.717, 1.165) is 31.4 Å². The third-order valence-corrected chi connectivity index (χ3v) is 5.50. The van der Waals surface area contributed by atoms with Gasteiger partial charge in [0.05, 0.1) is 0 Å². The first-order valence-corrected chi connectivity index (χ1v) is 6.87. The molecule has 11 heavy (non-hydrogen) atoms. The van der Waals surface area contributed by atoms with Crippen LogP contribution in [0.4, 0.5) is 0 Å². The quantitative estimate of drug-likeness (QED) is 0.649. The summed E-state index contributed by atoms with van der Waals surface area (Å²) in [5.41, 5.74) is 0. The van der Waals surface area contributed by atoms with Gasteiger partial charge in [0.1, 0.15) is 0 Å². The lowest BCUT2D eigenvalue weighted by atomic mass is 10.2. The van der Waals surface area contributed by atoms with E-state index in [9.17, 15) is 4.80 Å². The van der Waals surface area contributed by atoms with Crippen molar-refractivity contribution in [3.63, 3.8) is 0 Å². The Morgan fingerprint density at radius 2 is 2.27 bits per heavy atom. The first-order chi connectivity index (χ1) is 5.20. The second-order valence-corrected chi connectivity index (χ2v) is 6.68. The second kappa shape index (κ2) is 3.69. The molecule has 0 amide bonds. The highest BCUT2D eigenvalue weighted by atomic mass is 28.4. The van der Waals surface area contributed by atoms with E-state index in [1.165, 1.54) is 0 Å². The van der Waals surface area contributed by atoms with Crippen LogP contribution < -0.4 is 0 Å². The lowest BCUT2D eigenvalue weighted by Crippen LogP contribution is -2.44. The Bertz CT molecular complexity index is 129. The summed E-state index contributed by atoms with van der Waals surface area (Å²) < 4.78 is 5.67. The second-order valence-electron chi connectivity index (χ2n) is 3.34. The molecule has 2 unspecified atom stereocenters. The molecule has 0 aromatic rings. The van der Waals surface area contributed by atoms with Gasteiger partial charge in [-0.25, -0.2) is 0 Å². The van der Waals surface area contributed by atoms with Crippen LogP contribution in [0.1, 0.15) is 33.1 Å². The largest absolute Gasteiger partial charge is 0.411 e. The van der Waals surface area contributed by atoms with Gasteiger partial charge >= 0.3 is 8.56 Å². The fraction of sp³-hybridized carbons (Fsp3) is 1.00. The molecule has 1 rings (SSSR count). The lowest BCUT2D eigenvalue weighted by Gasteiger charge is -2.33. The molecule has 0 aromatic heterocycles. The van der Waals surface area contributed by atoms with Gasteiger partial charge in [-0.05, 0) is 31.4 Å². The molecule has 1 heterocycles. The van der Waals surface area contributed by atoms with Gasteiger partial charge in [0.15, 0.2) is 0 Å². The molecule has 2 atom stereocenters. The van der Waals surface area contributed by atoms with E-state index in [-0.39, 0.29) is 0 Å². The number of rotatable bonds is 2. The van der Waals surface area contributed by atoms with Gasteiger partial charge in [-0.1, -0.05) is 13.8 Å². The summed E-state index contributed by atoms with van der Waals surface area (Å²) in [7, 11) is -2.19. The van der Waals surface area contributed by atoms with Gasteiger partial charge in [-0.15, -0.1) is 0 Å². The lowest BCUT2D eigenvalue weighted by molar-refractivity contribution is 0.112. The highest BCUT2D eigenvalue weighted by Crippen LogP contribution is 2.27. The van der Waals surface area contributed by atoms with Gasteiger partial charge < -0.3 is 9.22 Å². The molecule has 0 spiro atoms. The maximum atomic E-state index is 9.90. The molecule has 66 valence electrons. The van der Waals surface area contributed by atoms with E-state index in [1.54, 1.807) is 0 Å². The molecular weight excluding hydrogens is 156 g/mol. The normalized spacial score (nSPS) is 39.0. The SMILES string of the molecule is CCC1CCC[Si](O)(CC)O1. The van der Waals surface area contributed by atoms with Crippen molar-refractivity contribution in [2.45, 2.75) is 51.3 Å². The van der Waals surface area contributed by atoms with Crippen LogP contribution in [-0.2, 0) is 4.43 Å². The molecule has 1 aliphatic heterocycles. The van der Waals surface area contributed by atoms with E-state index >= 15 is 0 Å². The third kappa shape index (κ3) is 2.29. The molecule has 1 N–H and O–H groups in total. The summed E-state index contributed by atoms with van der Waals surface area (Å²) >= 11 is 0. The molecule has 3 heteroatoms. The summed E-state index contributed by atoms with van der Waals surface area (Å²) in [6.07, 6.45) is 3.70. The minimum absolute atomic E-state index is 0.348. The van der Waals surface area contributed by atoms with Crippen LogP contribution in [0.2, 0.25) is 12.1 Å². The Kier molecular flexibility index (Phi) is 3.10. The van der Waals surface area contributed by atoms with E-state index in [1.807, 2.05) is 6.92 Å². The maximum absolute atomic E-state index is 9.90. The first kappa shape index (κ1) is 9.23. The van der Waals surface area contributed by atoms with E-state index in [4.69, 9.17) is 4.43 Å². The third-order valence-electron chi connectivity index (χ3n) is 2.49. The average Bonchev–Trinajstić information content (AvgIpc) is 2.05. The number of hydrogen-bond donors (Lipinski definition) is 1. The Hall–Kier alpha value is 0.137. The van der Waals surface area contributed by atoms with Crippen molar-refractivity contribution in [1.82, 2.24) is 0 Å². The summed E-state index contributed by atoms with van der Waals surface area (Å²) in [5, 5.41) is 0. The molecule has 0 aliphatic carbocycles. The fourth-order valence-corrected chi connectivity index (χ4v) is 3.88. The molecular formula is C8H18O2Si. The zero-order valence-electron chi connectivity index (χ0n) is 7.47. The van der Waals surface area contributed by atoms with Crippen LogP contribution in [0.5, 0.6) is 0 Å². The fourth-order valence-electron chi connectivity index (χ4n) is 1.58. The van der Waals surface area contributed by atoms with Crippen molar-refractivity contribution in [3.8, 4) is 0 Å². The van der Waals surface area contributed by atoms with Gasteiger partial charge in [0, 0.05) is 6.10 Å². The molecule has 0 radical (unpaired) electrons. The van der Waals surface area contributed by atoms with Crippen molar-refractivity contribution in [3.05, 3.63) is 0 Å². The average molecular weight is 174 g/mol. The molecule has 0 saturated carbocycles. The van der Waals surface area contributed by atoms with Gasteiger partial charge in [0.2, 0.25) is 0 Å². The summed E-state index contributed by atoms with van der Waals surface area (Å²) in [6, 6.07) is 1.80. The molecule has 0 aromatic carbocycles. The van der Waals surface area contributed by atoms with E-state index in [2.05, 4.69) is 6.92 Å². The smallest absolute Gasteiger partial charge is 0.335 e. The number of hydrogen-bond acceptors (Lipinski definition) is 2. The van der Waals surface area contributed by atoms with Crippen molar-refractivity contribution in [1.29, 1.82) is 0 Å². The van der Waals surface area contributed by atoms with Crippen LogP contribution >= 0.6 is 0 Å². The van der Waals surface area contributed by atoms with Crippen molar-refractivity contribution in [2.24, 2.45) is 0 Å². The summed E-state index contributed by atoms with van der Waals surface area (Å²) in [5.74, 6) is 0. The predicted octanol–water partition coefficient (Wildman–Crippen LogP) is 2.03. The van der Waals surface area contributed by atoms with Crippen molar-refractivity contribution >= 4 is 8.56 Å². The zero-order valence-corrected chi connectivity index (χ0v) is 8.47. The molecule has 1 saturated heterocycles. The van der Waals surface area contributed by atoms with Crippen LogP contribution in [0.3, 0.4) is 0 Å². The standard InChI is InChI=1S/C8H18O2Si/c1-3-8-6-5-7-11(9,4-2)10-8/h8-9H,3-7H2,1-2H3. The summed E-state index contributed by atoms with van der Waals surface area (Å²) in [4.78, 5) is 9.90. The highest BCUT2D eigenvalue weighted by molar-refractivity contribution is 6.66. The molecule has 0 bridgehead atoms. The topological polar surface area (TPSA) is 29.5 Å². The maximum Gasteiger partial charge on any atom is 0.335 e. The highest BCUT2D eigenvalue weighted by Gasteiger charge is 2.36. The van der Waals surface area contributed by atoms with Gasteiger partial charge in [-0.2, -0.15) is 0 Å². The molecule has 1 fully saturated rings. The minimum atomic E-state index is -2.19. The summed E-state index contributed by atoms with van der Waals surface area (Å²) in [6.45, 7) is 4.16. The predicted molar refractivity (Wildman–Crippen MR) is 47.7 cm³/mol. The Morgan fingerprint density at radius 3 is 2.82 bits per heavy atom. The first-order valence-electron chi connectivity index (χ1n) is 4.60. The van der Waals surface area contributed by atoms with Gasteiger partial charge in [0.25, 0.3) is 0 Å². The minimum Gasteiger partial charge on any atom is -0.411 e. The monoisotopic (exact) mass is 174 g/mol. The van der Waals surface area contributed by atoms with E-state index in [0.29, 0.717) is 6.10 Å². The molecule has 2 nitrogen and oxygen atoms in total. The Labute approximate surface area is 69.8 Å². The van der Waals surface area contributed by atoms with E-state index < -0.39 is 8.56 Å².